The Balaban J connectivity index is 0.00000194. The van der Waals surface area contributed by atoms with Gasteiger partial charge in [-0.15, -0.1) is 24.8 Å². The highest BCUT2D eigenvalue weighted by molar-refractivity contribution is 9.10. The van der Waals surface area contributed by atoms with Gasteiger partial charge in [-0.3, -0.25) is 0 Å². The number of halogens is 3. The van der Waals surface area contributed by atoms with E-state index in [2.05, 4.69) is 36.4 Å². The lowest BCUT2D eigenvalue weighted by Crippen LogP contribution is -2.44. The Kier molecular flexibility index (Phi) is 11.0. The number of likely N-dealkylation sites (tertiary alicyclic amines) is 1. The third-order valence-electron chi connectivity index (χ3n) is 8.46. The van der Waals surface area contributed by atoms with Crippen molar-refractivity contribution in [3.63, 3.8) is 0 Å². The van der Waals surface area contributed by atoms with Crippen molar-refractivity contribution in [2.75, 3.05) is 29.0 Å². The monoisotopic (exact) mass is 667 g/mol. The third kappa shape index (κ3) is 7.55. The fourth-order valence-corrected chi connectivity index (χ4v) is 6.40. The molecule has 3 aromatic rings. The molecule has 41 heavy (non-hydrogen) atoms. The number of carbonyl (C=O) groups is 1. The number of nitrogens with one attached hydrogen (secondary N) is 3. The van der Waals surface area contributed by atoms with Crippen LogP contribution in [0.25, 0.3) is 11.2 Å². The average Bonchev–Trinajstić information content (AvgIpc) is 3.62. The molecule has 10 nitrogen and oxygen atoms in total. The number of carbonyl (C=O) groups excluding carboxylic acids is 1. The number of piperidine rings is 1. The summed E-state index contributed by atoms with van der Waals surface area (Å²) in [4.78, 5) is 29.4. The Hall–Kier alpha value is -2.34. The molecule has 0 atom stereocenters. The fourth-order valence-electron chi connectivity index (χ4n) is 6.13. The van der Waals surface area contributed by atoms with E-state index in [1.165, 1.54) is 25.7 Å². The van der Waals surface area contributed by atoms with E-state index in [-0.39, 0.29) is 36.9 Å². The highest BCUT2D eigenvalue weighted by Crippen LogP contribution is 2.34. The number of rotatable bonds is 6. The Labute approximate surface area is 262 Å². The highest BCUT2D eigenvalue weighted by Gasteiger charge is 2.27. The molecule has 0 unspecified atom stereocenters. The lowest BCUT2D eigenvalue weighted by Gasteiger charge is -2.32. The Morgan fingerprint density at radius 1 is 0.878 bits per heavy atom. The van der Waals surface area contributed by atoms with Crippen LogP contribution in [0.2, 0.25) is 0 Å². The quantitative estimate of drug-likeness (QED) is 0.242. The van der Waals surface area contributed by atoms with Crippen molar-refractivity contribution in [3.8, 4) is 0 Å². The summed E-state index contributed by atoms with van der Waals surface area (Å²) in [7, 11) is 0. The maximum atomic E-state index is 12.8. The van der Waals surface area contributed by atoms with Gasteiger partial charge >= 0.3 is 6.03 Å². The van der Waals surface area contributed by atoms with E-state index in [0.717, 1.165) is 65.7 Å². The first kappa shape index (κ1) is 31.6. The molecule has 2 aromatic heterocycles. The topological polar surface area (TPSA) is 126 Å². The minimum atomic E-state index is -0.0609. The molecule has 1 saturated heterocycles. The molecule has 0 radical (unpaired) electrons. The second-order valence-electron chi connectivity index (χ2n) is 11.3. The number of imidazole rings is 1. The molecule has 5 N–H and O–H groups in total. The average molecular weight is 669 g/mol. The number of benzene rings is 1. The van der Waals surface area contributed by atoms with E-state index < -0.39 is 0 Å². The number of aromatic nitrogens is 4. The van der Waals surface area contributed by atoms with Crippen LogP contribution in [0.1, 0.15) is 70.3 Å². The first-order valence-electron chi connectivity index (χ1n) is 14.4. The van der Waals surface area contributed by atoms with Crippen molar-refractivity contribution in [1.29, 1.82) is 0 Å². The summed E-state index contributed by atoms with van der Waals surface area (Å²) >= 11 is 3.43. The maximum absolute atomic E-state index is 12.8. The highest BCUT2D eigenvalue weighted by atomic mass is 79.9. The molecule has 0 bridgehead atoms. The van der Waals surface area contributed by atoms with Gasteiger partial charge in [0.2, 0.25) is 5.95 Å². The largest absolute Gasteiger partial charge is 0.365 e. The van der Waals surface area contributed by atoms with Gasteiger partial charge in [0.25, 0.3) is 0 Å². The first-order valence-corrected chi connectivity index (χ1v) is 15.2. The summed E-state index contributed by atoms with van der Waals surface area (Å²) in [5.41, 5.74) is 8.66. The number of fused-ring (bicyclic) bond motifs is 1. The van der Waals surface area contributed by atoms with E-state index in [4.69, 9.17) is 20.7 Å². The first-order chi connectivity index (χ1) is 19.0. The number of nitrogens with two attached hydrogens (primary N) is 1. The van der Waals surface area contributed by atoms with Crippen LogP contribution in [0.4, 0.5) is 22.2 Å². The number of nitrogens with zero attached hydrogens (tertiary/aromatic N) is 5. The lowest BCUT2D eigenvalue weighted by atomic mass is 9.92. The van der Waals surface area contributed by atoms with Gasteiger partial charge in [-0.05, 0) is 75.6 Å². The second kappa shape index (κ2) is 14.2. The minimum absolute atomic E-state index is 0. The smallest absolute Gasteiger partial charge is 0.321 e. The van der Waals surface area contributed by atoms with Gasteiger partial charge in [-0.2, -0.15) is 9.97 Å². The molecule has 1 aliphatic heterocycles. The molecule has 2 aliphatic carbocycles. The van der Waals surface area contributed by atoms with Gasteiger partial charge in [0, 0.05) is 47.4 Å². The number of anilines is 3. The second-order valence-corrected chi connectivity index (χ2v) is 12.2. The summed E-state index contributed by atoms with van der Waals surface area (Å²) in [5, 5.41) is 10.3. The molecule has 2 saturated carbocycles. The number of hydrogen-bond donors (Lipinski definition) is 4. The summed E-state index contributed by atoms with van der Waals surface area (Å²) < 4.78 is 3.24. The number of amides is 2. The van der Waals surface area contributed by atoms with Crippen molar-refractivity contribution in [2.24, 2.45) is 5.73 Å². The van der Waals surface area contributed by atoms with Crippen molar-refractivity contribution < 1.29 is 4.79 Å². The zero-order valence-electron chi connectivity index (χ0n) is 23.1. The Bertz CT molecular complexity index is 1290. The van der Waals surface area contributed by atoms with Crippen LogP contribution in [0.15, 0.2) is 35.1 Å². The Morgan fingerprint density at radius 3 is 2.22 bits per heavy atom. The fraction of sp³-hybridized carbons (Fsp3) is 0.571. The SMILES string of the molecule is Cl.Cl.NC1CCC(Nc2nc(NC3CCN(C(=O)Nc4ccc(Br)cc4)CC3)c3ncn(C4CCCC4)c3n2)CC1. The van der Waals surface area contributed by atoms with E-state index >= 15 is 0 Å². The molecule has 224 valence electrons. The van der Waals surface area contributed by atoms with Gasteiger partial charge in [0.1, 0.15) is 0 Å². The summed E-state index contributed by atoms with van der Waals surface area (Å²) in [6.07, 6.45) is 12.6. The molecule has 6 rings (SSSR count). The predicted molar refractivity (Wildman–Crippen MR) is 173 cm³/mol. The molecule has 2 amide bonds. The van der Waals surface area contributed by atoms with Crippen molar-refractivity contribution in [1.82, 2.24) is 24.4 Å². The van der Waals surface area contributed by atoms with Crippen LogP contribution in [-0.4, -0.2) is 61.7 Å². The van der Waals surface area contributed by atoms with E-state index in [1.54, 1.807) is 0 Å². The molecule has 3 aliphatic rings. The zero-order valence-corrected chi connectivity index (χ0v) is 26.3. The van der Waals surface area contributed by atoms with Gasteiger partial charge < -0.3 is 31.2 Å². The van der Waals surface area contributed by atoms with E-state index in [0.29, 0.717) is 37.2 Å². The molecule has 3 fully saturated rings. The molecular formula is C28H40BrCl2N9O. The van der Waals surface area contributed by atoms with Crippen LogP contribution >= 0.6 is 40.7 Å². The van der Waals surface area contributed by atoms with Crippen LogP contribution in [0.5, 0.6) is 0 Å². The van der Waals surface area contributed by atoms with Crippen LogP contribution in [-0.2, 0) is 0 Å². The minimum Gasteiger partial charge on any atom is -0.365 e. The summed E-state index contributed by atoms with van der Waals surface area (Å²) in [6.45, 7) is 1.36. The van der Waals surface area contributed by atoms with Crippen LogP contribution in [0, 0.1) is 0 Å². The van der Waals surface area contributed by atoms with Crippen molar-refractivity contribution in [3.05, 3.63) is 35.1 Å². The summed E-state index contributed by atoms with van der Waals surface area (Å²) in [6, 6.07) is 8.88. The van der Waals surface area contributed by atoms with E-state index in [1.807, 2.05) is 35.5 Å². The van der Waals surface area contributed by atoms with Gasteiger partial charge in [-0.1, -0.05) is 28.8 Å². The molecule has 0 spiro atoms. The van der Waals surface area contributed by atoms with Crippen LogP contribution < -0.4 is 21.7 Å². The molecule has 13 heteroatoms. The van der Waals surface area contributed by atoms with Gasteiger partial charge in [0.05, 0.1) is 6.33 Å². The van der Waals surface area contributed by atoms with Crippen molar-refractivity contribution in [2.45, 2.75) is 88.4 Å². The third-order valence-corrected chi connectivity index (χ3v) is 8.99. The normalized spacial score (nSPS) is 21.7. The van der Waals surface area contributed by atoms with Gasteiger partial charge in [0.15, 0.2) is 17.0 Å². The maximum Gasteiger partial charge on any atom is 0.321 e. The predicted octanol–water partition coefficient (Wildman–Crippen LogP) is 6.34. The van der Waals surface area contributed by atoms with E-state index in [9.17, 15) is 4.79 Å². The lowest BCUT2D eigenvalue weighted by molar-refractivity contribution is 0.197. The zero-order chi connectivity index (χ0) is 26.8. The molecule has 3 heterocycles. The van der Waals surface area contributed by atoms with Crippen molar-refractivity contribution >= 4 is 75.4 Å². The standard InChI is InChI=1S/C28H38BrN9O.2ClH/c29-18-5-9-21(10-6-18)34-28(39)37-15-13-22(14-16-37)32-25-24-26(38(17-31-24)23-3-1-2-4-23)36-27(35-25)33-20-11-7-19(30)8-12-20;;/h5-6,9-10,17,19-20,22-23H,1-4,7-8,11-16,30H2,(H,34,39)(H2,32,33,35,36);2*1H. The number of hydrogen-bond acceptors (Lipinski definition) is 7. The van der Waals surface area contributed by atoms with Gasteiger partial charge in [-0.25, -0.2) is 9.78 Å². The molecule has 1 aromatic carbocycles. The Morgan fingerprint density at radius 2 is 1.54 bits per heavy atom. The molecular weight excluding hydrogens is 629 g/mol. The number of urea groups is 1. The van der Waals surface area contributed by atoms with Crippen LogP contribution in [0.3, 0.4) is 0 Å². The summed E-state index contributed by atoms with van der Waals surface area (Å²) in [5.74, 6) is 1.45.